The van der Waals surface area contributed by atoms with Crippen LogP contribution in [0.2, 0.25) is 0 Å². The monoisotopic (exact) mass is 295 g/mol. The van der Waals surface area contributed by atoms with Gasteiger partial charge in [-0.3, -0.25) is 4.79 Å². The number of amides is 1. The van der Waals surface area contributed by atoms with Crippen LogP contribution in [0.1, 0.15) is 38.0 Å². The second-order valence-electron chi connectivity index (χ2n) is 5.81. The van der Waals surface area contributed by atoms with Crippen LogP contribution in [0, 0.1) is 5.92 Å². The van der Waals surface area contributed by atoms with Crippen LogP contribution in [0.5, 0.6) is 0 Å². The largest absolute Gasteiger partial charge is 0.375 e. The van der Waals surface area contributed by atoms with Crippen LogP contribution < -0.4 is 10.6 Å². The zero-order valence-electron chi connectivity index (χ0n) is 13.1. The first-order valence-electron chi connectivity index (χ1n) is 7.52. The number of rotatable bonds is 6. The van der Waals surface area contributed by atoms with E-state index in [1.165, 1.54) is 7.11 Å². The maximum atomic E-state index is 11.9. The summed E-state index contributed by atoms with van der Waals surface area (Å²) in [4.78, 5) is 11.9. The van der Waals surface area contributed by atoms with Crippen molar-refractivity contribution in [2.45, 2.75) is 39.3 Å². The Morgan fingerprint density at radius 1 is 1.43 bits per heavy atom. The molecular formula is C14H25N5O2. The van der Waals surface area contributed by atoms with Gasteiger partial charge in [-0.25, -0.2) is 0 Å². The molecule has 0 saturated carbocycles. The van der Waals surface area contributed by atoms with Crippen LogP contribution in [-0.2, 0) is 22.5 Å². The van der Waals surface area contributed by atoms with Gasteiger partial charge < -0.3 is 19.9 Å². The van der Waals surface area contributed by atoms with Crippen molar-refractivity contribution in [2.75, 3.05) is 26.8 Å². The maximum absolute atomic E-state index is 11.9. The van der Waals surface area contributed by atoms with Crippen molar-refractivity contribution in [3.63, 3.8) is 0 Å². The number of carbonyl (C=O) groups excluding carboxylic acids is 1. The number of nitrogens with one attached hydrogen (secondary N) is 2. The van der Waals surface area contributed by atoms with E-state index < -0.39 is 0 Å². The number of nitrogens with zero attached hydrogens (tertiary/aromatic N) is 3. The van der Waals surface area contributed by atoms with Gasteiger partial charge in [-0.15, -0.1) is 10.2 Å². The third-order valence-corrected chi connectivity index (χ3v) is 3.52. The highest BCUT2D eigenvalue weighted by molar-refractivity contribution is 5.77. The summed E-state index contributed by atoms with van der Waals surface area (Å²) < 4.78 is 7.03. The zero-order valence-corrected chi connectivity index (χ0v) is 13.1. The predicted octanol–water partition coefficient (Wildman–Crippen LogP) is 0.274. The Hall–Kier alpha value is -1.47. The molecule has 0 aliphatic carbocycles. The second kappa shape index (κ2) is 7.51. The third-order valence-electron chi connectivity index (χ3n) is 3.52. The normalized spacial score (nSPS) is 16.4. The summed E-state index contributed by atoms with van der Waals surface area (Å²) in [6.07, 6.45) is 1.70. The van der Waals surface area contributed by atoms with Crippen LogP contribution in [0.4, 0.5) is 0 Å². The topological polar surface area (TPSA) is 81.1 Å². The molecule has 0 aromatic carbocycles. The van der Waals surface area contributed by atoms with Gasteiger partial charge in [-0.05, 0) is 12.3 Å². The Balaban J connectivity index is 2.19. The second-order valence-corrected chi connectivity index (χ2v) is 5.81. The molecule has 1 aliphatic rings. The van der Waals surface area contributed by atoms with Crippen LogP contribution in [0.3, 0.4) is 0 Å². The molecule has 2 N–H and O–H groups in total. The van der Waals surface area contributed by atoms with E-state index in [0.717, 1.165) is 44.1 Å². The maximum Gasteiger partial charge on any atom is 0.246 e. The van der Waals surface area contributed by atoms with Gasteiger partial charge in [-0.2, -0.15) is 0 Å². The lowest BCUT2D eigenvalue weighted by Gasteiger charge is -2.21. The van der Waals surface area contributed by atoms with E-state index in [2.05, 4.69) is 39.2 Å². The standard InChI is InChI=1S/C14H25N5O2/c1-10(2)8-11(16-13(20)9-21-3)14-18-17-12-4-5-15-6-7-19(12)14/h10-11,15H,4-9H2,1-3H3,(H,16,20)/t11-/m1/s1. The quantitative estimate of drug-likeness (QED) is 0.787. The Morgan fingerprint density at radius 3 is 2.95 bits per heavy atom. The molecule has 1 aliphatic heterocycles. The highest BCUT2D eigenvalue weighted by atomic mass is 16.5. The zero-order chi connectivity index (χ0) is 15.2. The van der Waals surface area contributed by atoms with Crippen LogP contribution in [0.25, 0.3) is 0 Å². The van der Waals surface area contributed by atoms with Crippen LogP contribution >= 0.6 is 0 Å². The number of methoxy groups -OCH3 is 1. The number of hydrogen-bond acceptors (Lipinski definition) is 5. The fourth-order valence-electron chi connectivity index (χ4n) is 2.62. The van der Waals surface area contributed by atoms with Crippen LogP contribution in [0.15, 0.2) is 0 Å². The van der Waals surface area contributed by atoms with Gasteiger partial charge >= 0.3 is 0 Å². The van der Waals surface area contributed by atoms with Gasteiger partial charge in [0.05, 0.1) is 6.04 Å². The average molecular weight is 295 g/mol. The molecule has 0 bridgehead atoms. The first-order chi connectivity index (χ1) is 10.1. The van der Waals surface area contributed by atoms with E-state index in [-0.39, 0.29) is 18.6 Å². The van der Waals surface area contributed by atoms with E-state index >= 15 is 0 Å². The molecule has 1 aromatic heterocycles. The molecule has 1 amide bonds. The lowest BCUT2D eigenvalue weighted by Crippen LogP contribution is -2.34. The summed E-state index contributed by atoms with van der Waals surface area (Å²) in [6.45, 7) is 7.00. The third kappa shape index (κ3) is 4.25. The van der Waals surface area contributed by atoms with Crippen LogP contribution in [-0.4, -0.2) is 47.5 Å². The van der Waals surface area contributed by atoms with Crippen molar-refractivity contribution in [1.82, 2.24) is 25.4 Å². The van der Waals surface area contributed by atoms with E-state index in [1.807, 2.05) is 0 Å². The molecule has 0 saturated heterocycles. The number of hydrogen-bond donors (Lipinski definition) is 2. The van der Waals surface area contributed by atoms with Gasteiger partial charge in [0.2, 0.25) is 5.91 Å². The van der Waals surface area contributed by atoms with Crippen molar-refractivity contribution in [1.29, 1.82) is 0 Å². The van der Waals surface area contributed by atoms with E-state index in [9.17, 15) is 4.79 Å². The molecule has 2 heterocycles. The summed E-state index contributed by atoms with van der Waals surface area (Å²) >= 11 is 0. The van der Waals surface area contributed by atoms with Crippen molar-refractivity contribution >= 4 is 5.91 Å². The molecule has 2 rings (SSSR count). The minimum absolute atomic E-state index is 0.0666. The van der Waals surface area contributed by atoms with E-state index in [4.69, 9.17) is 4.74 Å². The molecule has 7 nitrogen and oxygen atoms in total. The molecular weight excluding hydrogens is 270 g/mol. The van der Waals surface area contributed by atoms with Gasteiger partial charge in [0.25, 0.3) is 0 Å². The van der Waals surface area contributed by atoms with Crippen molar-refractivity contribution in [3.8, 4) is 0 Å². The Morgan fingerprint density at radius 2 is 2.24 bits per heavy atom. The molecule has 1 aromatic rings. The van der Waals surface area contributed by atoms with Gasteiger partial charge in [-0.1, -0.05) is 13.8 Å². The fraction of sp³-hybridized carbons (Fsp3) is 0.786. The fourth-order valence-corrected chi connectivity index (χ4v) is 2.62. The lowest BCUT2D eigenvalue weighted by atomic mass is 10.0. The van der Waals surface area contributed by atoms with Crippen molar-refractivity contribution in [3.05, 3.63) is 11.6 Å². The highest BCUT2D eigenvalue weighted by Crippen LogP contribution is 2.21. The number of aromatic nitrogens is 3. The molecule has 118 valence electrons. The van der Waals surface area contributed by atoms with Gasteiger partial charge in [0.15, 0.2) is 5.82 Å². The average Bonchev–Trinajstić information content (AvgIpc) is 2.67. The van der Waals surface area contributed by atoms with Gasteiger partial charge in [0.1, 0.15) is 12.4 Å². The van der Waals surface area contributed by atoms with E-state index in [0.29, 0.717) is 5.92 Å². The number of ether oxygens (including phenoxy) is 1. The number of carbonyl (C=O) groups is 1. The first-order valence-corrected chi connectivity index (χ1v) is 7.52. The lowest BCUT2D eigenvalue weighted by molar-refractivity contribution is -0.125. The predicted molar refractivity (Wildman–Crippen MR) is 78.8 cm³/mol. The summed E-state index contributed by atoms with van der Waals surface area (Å²) in [5.74, 6) is 2.18. The minimum Gasteiger partial charge on any atom is -0.375 e. The summed E-state index contributed by atoms with van der Waals surface area (Å²) in [7, 11) is 1.52. The molecule has 1 atom stereocenters. The molecule has 0 unspecified atom stereocenters. The summed E-state index contributed by atoms with van der Waals surface area (Å²) in [5.41, 5.74) is 0. The Kier molecular flexibility index (Phi) is 5.69. The van der Waals surface area contributed by atoms with Crippen molar-refractivity contribution < 1.29 is 9.53 Å². The SMILES string of the molecule is COCC(=O)N[C@H](CC(C)C)c1nnc2n1CCNCC2. The Bertz CT molecular complexity index is 472. The molecule has 0 spiro atoms. The number of fused-ring (bicyclic) bond motifs is 1. The minimum atomic E-state index is -0.119. The highest BCUT2D eigenvalue weighted by Gasteiger charge is 2.24. The van der Waals surface area contributed by atoms with E-state index in [1.54, 1.807) is 0 Å². The van der Waals surface area contributed by atoms with Crippen molar-refractivity contribution in [2.24, 2.45) is 5.92 Å². The molecule has 0 fully saturated rings. The molecule has 7 heteroatoms. The summed E-state index contributed by atoms with van der Waals surface area (Å²) in [6, 6.07) is -0.119. The molecule has 21 heavy (non-hydrogen) atoms. The molecule has 0 radical (unpaired) electrons. The summed E-state index contributed by atoms with van der Waals surface area (Å²) in [5, 5.41) is 15.0. The smallest absolute Gasteiger partial charge is 0.246 e. The Labute approximate surface area is 125 Å². The van der Waals surface area contributed by atoms with Gasteiger partial charge in [0, 0.05) is 33.2 Å². The first kappa shape index (κ1) is 15.9.